The van der Waals surface area contributed by atoms with Gasteiger partial charge < -0.3 is 0 Å². The van der Waals surface area contributed by atoms with Crippen LogP contribution in [0.1, 0.15) is 27.7 Å². The maximum absolute atomic E-state index is 13.1. The first-order chi connectivity index (χ1) is 18.3. The number of benzene rings is 3. The van der Waals surface area contributed by atoms with Gasteiger partial charge in [-0.05, 0) is 0 Å². The third-order valence-corrected chi connectivity index (χ3v) is 30.9. The molecule has 0 atom stereocenters. The van der Waals surface area contributed by atoms with E-state index in [1.54, 1.807) is 19.1 Å². The summed E-state index contributed by atoms with van der Waals surface area (Å²) in [5.41, 5.74) is -0.191. The average Bonchev–Trinajstić information content (AvgIpc) is 2.84. The summed E-state index contributed by atoms with van der Waals surface area (Å²) in [6, 6.07) is 28.2. The summed E-state index contributed by atoms with van der Waals surface area (Å²) in [4.78, 5) is 39.1. The second-order valence-electron chi connectivity index (χ2n) is 14.0. The molecule has 0 aliphatic heterocycles. The Kier molecular flexibility index (Phi) is 15.2. The molecule has 0 fully saturated rings. The molecule has 0 aliphatic rings. The first-order valence-corrected chi connectivity index (χ1v) is 42.5. The Morgan fingerprint density at radius 2 is 1.00 bits per heavy atom. The predicted molar refractivity (Wildman–Crippen MR) is 181 cm³/mol. The van der Waals surface area contributed by atoms with Crippen molar-refractivity contribution < 1.29 is 14.0 Å². The number of Topliss-reactive ketones (excluding diaryl/α,β-unsaturated/α-hetero) is 2. The predicted octanol–water partition coefficient (Wildman–Crippen LogP) is 7.78. The zero-order valence-electron chi connectivity index (χ0n) is 26.7. The molecular weight excluding hydrogens is 816 g/mol. The summed E-state index contributed by atoms with van der Waals surface area (Å²) in [5, 5.41) is 0. The van der Waals surface area contributed by atoms with E-state index in [9.17, 15) is 14.0 Å². The van der Waals surface area contributed by atoms with E-state index in [1.807, 2.05) is 45.0 Å². The molecule has 0 saturated heterocycles. The van der Waals surface area contributed by atoms with Gasteiger partial charge in [-0.25, -0.2) is 0 Å². The fourth-order valence-corrected chi connectivity index (χ4v) is 23.1. The van der Waals surface area contributed by atoms with Crippen LogP contribution >= 0.6 is 0 Å². The number of hydrogen-bond donors (Lipinski definition) is 0. The fourth-order valence-electron chi connectivity index (χ4n) is 4.34. The first kappa shape index (κ1) is 37.4. The zero-order chi connectivity index (χ0) is 30.8. The molecule has 0 saturated carbocycles. The molecule has 0 heterocycles. The second kappa shape index (κ2) is 16.2. The molecule has 0 bridgehead atoms. The van der Waals surface area contributed by atoms with Crippen LogP contribution in [-0.2, 0) is 9.59 Å². The Hall–Kier alpha value is -0.674. The Morgan fingerprint density at radius 3 is 1.32 bits per heavy atom. The molecule has 0 N–H and O–H groups in total. The Morgan fingerprint density at radius 1 is 0.625 bits per heavy atom. The molecule has 40 heavy (non-hydrogen) atoms. The van der Waals surface area contributed by atoms with Crippen molar-refractivity contribution in [2.45, 2.75) is 71.1 Å². The first-order valence-electron chi connectivity index (χ1n) is 14.2. The van der Waals surface area contributed by atoms with E-state index in [-0.39, 0.29) is 11.2 Å². The van der Waals surface area contributed by atoms with Crippen LogP contribution in [0.25, 0.3) is 0 Å². The van der Waals surface area contributed by atoms with Gasteiger partial charge in [-0.15, -0.1) is 0 Å². The van der Waals surface area contributed by atoms with E-state index in [0.29, 0.717) is 11.6 Å². The summed E-state index contributed by atoms with van der Waals surface area (Å²) < 4.78 is 18.6. The van der Waals surface area contributed by atoms with Crippen LogP contribution in [0, 0.1) is 11.2 Å². The van der Waals surface area contributed by atoms with Crippen LogP contribution in [0.15, 0.2) is 84.9 Å². The van der Waals surface area contributed by atoms with Gasteiger partial charge in [0.15, 0.2) is 0 Å². The van der Waals surface area contributed by atoms with Gasteiger partial charge in [0.25, 0.3) is 0 Å². The van der Waals surface area contributed by atoms with E-state index < -0.39 is 55.1 Å². The maximum atomic E-state index is 13.1. The van der Waals surface area contributed by atoms with Gasteiger partial charge in [0.2, 0.25) is 0 Å². The third-order valence-electron chi connectivity index (χ3n) is 6.92. The molecule has 0 spiro atoms. The van der Waals surface area contributed by atoms with Crippen molar-refractivity contribution in [3.05, 3.63) is 90.7 Å². The van der Waals surface area contributed by atoms with Crippen molar-refractivity contribution in [1.29, 1.82) is 0 Å². The van der Waals surface area contributed by atoms with Crippen molar-refractivity contribution in [3.63, 3.8) is 0 Å². The number of rotatable bonds is 7. The van der Waals surface area contributed by atoms with E-state index in [4.69, 9.17) is 0 Å². The number of carbonyl (C=O) groups excluding carboxylic acids is 2. The van der Waals surface area contributed by atoms with Gasteiger partial charge >= 0.3 is 259 Å². The van der Waals surface area contributed by atoms with Gasteiger partial charge in [0.05, 0.1) is 0 Å². The second-order valence-corrected chi connectivity index (χ2v) is 55.2. The van der Waals surface area contributed by atoms with Crippen LogP contribution in [-0.4, -0.2) is 66.7 Å². The van der Waals surface area contributed by atoms with Gasteiger partial charge in [0.1, 0.15) is 0 Å². The van der Waals surface area contributed by atoms with Crippen LogP contribution in [0.4, 0.5) is 4.39 Å². The van der Waals surface area contributed by atoms with Crippen molar-refractivity contribution in [3.8, 4) is 0 Å². The number of halogens is 1. The molecule has 0 radical (unpaired) electrons. The molecule has 0 unspecified atom stereocenters. The van der Waals surface area contributed by atoms with Crippen LogP contribution in [0.2, 0.25) is 43.5 Å². The van der Waals surface area contributed by atoms with Crippen LogP contribution in [0.5, 0.6) is 0 Å². The van der Waals surface area contributed by atoms with Crippen molar-refractivity contribution in [1.82, 2.24) is 0 Å². The minimum absolute atomic E-state index is 0.0178. The quantitative estimate of drug-likeness (QED) is 0.228. The molecule has 218 valence electrons. The summed E-state index contributed by atoms with van der Waals surface area (Å²) in [6.07, 6.45) is 0. The van der Waals surface area contributed by atoms with Gasteiger partial charge in [0, 0.05) is 0 Å². The van der Waals surface area contributed by atoms with Gasteiger partial charge in [-0.1, -0.05) is 0 Å². The number of carbonyl (C=O) groups is 2. The normalized spacial score (nSPS) is 11.9. The Balaban J connectivity index is 0.000000305. The minimum atomic E-state index is -2.38. The summed E-state index contributed by atoms with van der Waals surface area (Å²) in [6.45, 7) is 7.74. The zero-order valence-corrected chi connectivity index (χ0v) is 35.3. The molecular formula is C34H51FO2Sn3. The van der Waals surface area contributed by atoms with Crippen molar-refractivity contribution >= 4 is 77.4 Å². The van der Waals surface area contributed by atoms with Crippen LogP contribution < -0.4 is 10.7 Å². The molecule has 0 amide bonds. The molecule has 2 nitrogen and oxygen atoms in total. The van der Waals surface area contributed by atoms with Gasteiger partial charge in [-0.3, -0.25) is 0 Å². The molecule has 3 aromatic carbocycles. The number of ketones is 2. The van der Waals surface area contributed by atoms with E-state index in [1.165, 1.54) is 7.16 Å². The number of hydrogen-bond acceptors (Lipinski definition) is 2. The van der Waals surface area contributed by atoms with Crippen LogP contribution in [0.3, 0.4) is 0 Å². The van der Waals surface area contributed by atoms with E-state index in [0.717, 1.165) is 12.5 Å². The molecule has 6 heteroatoms. The summed E-state index contributed by atoms with van der Waals surface area (Å²) in [5.74, 6) is 0.734. The molecule has 0 aromatic heterocycles. The SMILES string of the molecule is CC(=O)[CH2][Sn]([CH3])([CH3])[c]1ccccc1.CC(C)(C)C(=O)[CH2][Sn]([CH3])([CH3])[c]1ccccc1.[CH3][Sn]([CH3])([CH3])[c]1ccccc1F. The van der Waals surface area contributed by atoms with Crippen molar-refractivity contribution in [2.24, 2.45) is 5.41 Å². The summed E-state index contributed by atoms with van der Waals surface area (Å²) in [7, 11) is 0. The average molecular weight is 867 g/mol. The van der Waals surface area contributed by atoms with E-state index >= 15 is 0 Å². The Labute approximate surface area is 256 Å². The molecule has 0 aliphatic carbocycles. The standard InChI is InChI=1S/C6H4F.C6H11O.2C6H5.C3H5O.7CH3.3Sn/c7-6-4-2-1-3-5-6;1-5(7)6(2,3)4;2*1-2-4-6-5-3-1;1-3(2)4;;;;;;;;;;/h1-4H;1H2,2-4H3;2*1-5H;1H2,2H3;7*1H3;;;. The van der Waals surface area contributed by atoms with Crippen molar-refractivity contribution in [2.75, 3.05) is 0 Å². The summed E-state index contributed by atoms with van der Waals surface area (Å²) >= 11 is -6.77. The third kappa shape index (κ3) is 13.5. The molecule has 3 aromatic rings. The monoisotopic (exact) mass is 870 g/mol. The molecule has 3 rings (SSSR count). The van der Waals surface area contributed by atoms with Gasteiger partial charge in [-0.2, -0.15) is 0 Å². The van der Waals surface area contributed by atoms with E-state index in [2.05, 4.69) is 83.1 Å². The fraction of sp³-hybridized carbons (Fsp3) is 0.412. The Bertz CT molecular complexity index is 1210. The topological polar surface area (TPSA) is 34.1 Å².